The van der Waals surface area contributed by atoms with Crippen LogP contribution in [-0.2, 0) is 20.7 Å². The number of phenols is 1. The number of nitrogens with zero attached hydrogens (tertiary/aromatic N) is 3. The number of fused-ring (bicyclic) bond motifs is 9. The van der Waals surface area contributed by atoms with E-state index in [4.69, 9.17) is 23.7 Å². The van der Waals surface area contributed by atoms with Gasteiger partial charge in [0.05, 0.1) is 36.9 Å². The van der Waals surface area contributed by atoms with E-state index in [1.54, 1.807) is 11.8 Å². The Balaban J connectivity index is 1.67. The molecule has 0 saturated carbocycles. The van der Waals surface area contributed by atoms with Crippen LogP contribution < -0.4 is 18.9 Å². The van der Waals surface area contributed by atoms with Crippen LogP contribution in [0.2, 0.25) is 0 Å². The van der Waals surface area contributed by atoms with Crippen molar-refractivity contribution in [3.05, 3.63) is 39.4 Å². The molecule has 2 aromatic rings. The molecule has 0 aliphatic carbocycles. The van der Waals surface area contributed by atoms with E-state index in [1.807, 2.05) is 24.9 Å². The average Bonchev–Trinajstić information content (AvgIpc) is 3.41. The third-order valence-electron chi connectivity index (χ3n) is 8.83. The molecule has 0 spiro atoms. The summed E-state index contributed by atoms with van der Waals surface area (Å²) in [5.74, 6) is -0.758. The van der Waals surface area contributed by atoms with Gasteiger partial charge >= 0.3 is 11.9 Å². The SMILES string of the molecule is COc1c(C)cc2c(c1O)[C@H]1[C@H]3C(=O)c4c(OC(C)=O)c(C)c5c(c4[C@H](COC(C)=O)N3[C@@H](C#N)[C@H](C2)N1C)OCO5. The summed E-state index contributed by atoms with van der Waals surface area (Å²) >= 11 is 0. The fourth-order valence-corrected chi connectivity index (χ4v) is 7.25. The Bertz CT molecular complexity index is 1600. The highest BCUT2D eigenvalue weighted by atomic mass is 16.7. The molecule has 42 heavy (non-hydrogen) atoms. The molecular formula is C30H31N3O9. The van der Waals surface area contributed by atoms with Crippen molar-refractivity contribution < 1.29 is 43.2 Å². The van der Waals surface area contributed by atoms with Gasteiger partial charge in [-0.05, 0) is 38.4 Å². The van der Waals surface area contributed by atoms with E-state index < -0.39 is 41.9 Å². The number of aromatic hydroxyl groups is 1. The van der Waals surface area contributed by atoms with Crippen LogP contribution in [0.3, 0.4) is 0 Å². The number of phenolic OH excluding ortho intramolecular Hbond substituents is 1. The van der Waals surface area contributed by atoms with E-state index in [9.17, 15) is 24.8 Å². The lowest BCUT2D eigenvalue weighted by molar-refractivity contribution is -0.145. The Hall–Kier alpha value is -4.34. The molecule has 1 fully saturated rings. The number of hydrogen-bond donors (Lipinski definition) is 1. The van der Waals surface area contributed by atoms with Crippen LogP contribution in [0.4, 0.5) is 0 Å². The summed E-state index contributed by atoms with van der Waals surface area (Å²) in [5, 5.41) is 22.1. The zero-order valence-corrected chi connectivity index (χ0v) is 24.1. The van der Waals surface area contributed by atoms with Gasteiger partial charge in [0, 0.05) is 36.6 Å². The third kappa shape index (κ3) is 3.77. The van der Waals surface area contributed by atoms with E-state index in [0.29, 0.717) is 34.6 Å². The number of ether oxygens (including phenoxy) is 5. The van der Waals surface area contributed by atoms with Crippen molar-refractivity contribution in [1.82, 2.24) is 9.80 Å². The molecule has 12 nitrogen and oxygen atoms in total. The molecule has 5 atom stereocenters. The van der Waals surface area contributed by atoms with Crippen molar-refractivity contribution in [3.8, 4) is 34.8 Å². The Morgan fingerprint density at radius 3 is 2.48 bits per heavy atom. The van der Waals surface area contributed by atoms with Gasteiger partial charge in [0.25, 0.3) is 0 Å². The molecular weight excluding hydrogens is 546 g/mol. The number of nitriles is 1. The molecule has 4 aliphatic heterocycles. The van der Waals surface area contributed by atoms with Crippen LogP contribution in [-0.4, -0.2) is 78.3 Å². The first-order valence-electron chi connectivity index (χ1n) is 13.6. The number of esters is 2. The average molecular weight is 578 g/mol. The molecule has 2 aromatic carbocycles. The Morgan fingerprint density at radius 1 is 1.12 bits per heavy atom. The largest absolute Gasteiger partial charge is 0.504 e. The number of benzene rings is 2. The van der Waals surface area contributed by atoms with E-state index in [1.165, 1.54) is 21.0 Å². The number of hydrogen-bond acceptors (Lipinski definition) is 12. The Labute approximate surface area is 242 Å². The number of ketones is 1. The monoisotopic (exact) mass is 577 g/mol. The van der Waals surface area contributed by atoms with Crippen molar-refractivity contribution in [2.24, 2.45) is 0 Å². The molecule has 0 amide bonds. The summed E-state index contributed by atoms with van der Waals surface area (Å²) in [7, 11) is 3.30. The highest BCUT2D eigenvalue weighted by molar-refractivity contribution is 6.08. The van der Waals surface area contributed by atoms with Gasteiger partial charge in [0.2, 0.25) is 6.79 Å². The van der Waals surface area contributed by atoms with E-state index in [2.05, 4.69) is 6.07 Å². The molecule has 2 bridgehead atoms. The van der Waals surface area contributed by atoms with Gasteiger partial charge in [0.15, 0.2) is 28.8 Å². The predicted molar refractivity (Wildman–Crippen MR) is 145 cm³/mol. The molecule has 0 unspecified atom stereocenters. The quantitative estimate of drug-likeness (QED) is 0.421. The molecule has 4 heterocycles. The van der Waals surface area contributed by atoms with Crippen LogP contribution in [0.1, 0.15) is 64.1 Å². The van der Waals surface area contributed by atoms with Crippen molar-refractivity contribution >= 4 is 17.7 Å². The molecule has 1 saturated heterocycles. The number of likely N-dealkylation sites (N-methyl/N-ethyl adjacent to an activating group) is 1. The van der Waals surface area contributed by atoms with E-state index in [0.717, 1.165) is 11.1 Å². The second kappa shape index (κ2) is 9.89. The number of carbonyl (C=O) groups is 3. The standard InChI is InChI=1S/C30H31N3O9/c1-12-7-16-8-17-18(9-31)33-19(10-39-14(3)34)21-22(28(42-15(4)35)13(2)29-30(21)41-11-40-29)25(36)24(33)23(32(17)5)20(16)26(37)27(12)38-6/h7,17-19,23-24,37H,8,10-11H2,1-6H3/t17-,18-,19-,23-,24-/m0/s1. The van der Waals surface area contributed by atoms with Crippen molar-refractivity contribution in [1.29, 1.82) is 5.26 Å². The molecule has 220 valence electrons. The van der Waals surface area contributed by atoms with Crippen LogP contribution in [0.15, 0.2) is 6.07 Å². The summed E-state index contributed by atoms with van der Waals surface area (Å²) in [6.07, 6.45) is 0.424. The van der Waals surface area contributed by atoms with Crippen molar-refractivity contribution in [2.75, 3.05) is 27.6 Å². The van der Waals surface area contributed by atoms with Crippen LogP contribution in [0.25, 0.3) is 0 Å². The maximum Gasteiger partial charge on any atom is 0.308 e. The lowest BCUT2D eigenvalue weighted by atomic mass is 9.71. The minimum Gasteiger partial charge on any atom is -0.504 e. The van der Waals surface area contributed by atoms with Crippen molar-refractivity contribution in [3.63, 3.8) is 0 Å². The van der Waals surface area contributed by atoms with Gasteiger partial charge in [-0.2, -0.15) is 5.26 Å². The lowest BCUT2D eigenvalue weighted by Crippen LogP contribution is -2.70. The van der Waals surface area contributed by atoms with E-state index in [-0.39, 0.29) is 42.3 Å². The Kier molecular flexibility index (Phi) is 6.55. The number of rotatable bonds is 4. The fourth-order valence-electron chi connectivity index (χ4n) is 7.25. The fraction of sp³-hybridized carbons (Fsp3) is 0.467. The van der Waals surface area contributed by atoms with Gasteiger partial charge in [-0.15, -0.1) is 0 Å². The van der Waals surface area contributed by atoms with E-state index >= 15 is 0 Å². The summed E-state index contributed by atoms with van der Waals surface area (Å²) in [5.41, 5.74) is 2.91. The van der Waals surface area contributed by atoms with Crippen LogP contribution in [0, 0.1) is 25.2 Å². The van der Waals surface area contributed by atoms with Gasteiger partial charge < -0.3 is 28.8 Å². The van der Waals surface area contributed by atoms with Crippen LogP contribution >= 0.6 is 0 Å². The van der Waals surface area contributed by atoms with Gasteiger partial charge in [-0.25, -0.2) is 0 Å². The zero-order chi connectivity index (χ0) is 30.2. The summed E-state index contributed by atoms with van der Waals surface area (Å²) in [6, 6.07) is 0.573. The number of methoxy groups -OCH3 is 1. The molecule has 4 aliphatic rings. The molecule has 0 aromatic heterocycles. The highest BCUT2D eigenvalue weighted by Gasteiger charge is 2.60. The number of Topliss-reactive ketones (excluding diaryl/α,β-unsaturated/α-hetero) is 1. The number of carbonyl (C=O) groups excluding carboxylic acids is 3. The first-order chi connectivity index (χ1) is 20.0. The lowest BCUT2D eigenvalue weighted by Gasteiger charge is -2.58. The number of piperazine rings is 1. The molecule has 6 rings (SSSR count). The zero-order valence-electron chi connectivity index (χ0n) is 24.1. The minimum absolute atomic E-state index is 0.0271. The Morgan fingerprint density at radius 2 is 1.83 bits per heavy atom. The van der Waals surface area contributed by atoms with Crippen LogP contribution in [0.5, 0.6) is 28.7 Å². The summed E-state index contributed by atoms with van der Waals surface area (Å²) in [6.45, 7) is 5.68. The summed E-state index contributed by atoms with van der Waals surface area (Å²) in [4.78, 5) is 42.9. The maximum atomic E-state index is 14.9. The third-order valence-corrected chi connectivity index (χ3v) is 8.83. The molecule has 0 radical (unpaired) electrons. The first-order valence-corrected chi connectivity index (χ1v) is 13.6. The second-order valence-electron chi connectivity index (χ2n) is 11.1. The predicted octanol–water partition coefficient (Wildman–Crippen LogP) is 2.65. The van der Waals surface area contributed by atoms with Gasteiger partial charge in [-0.3, -0.25) is 24.2 Å². The van der Waals surface area contributed by atoms with Gasteiger partial charge in [-0.1, -0.05) is 6.07 Å². The smallest absolute Gasteiger partial charge is 0.308 e. The minimum atomic E-state index is -1.03. The second-order valence-corrected chi connectivity index (χ2v) is 11.1. The normalized spacial score (nSPS) is 25.5. The van der Waals surface area contributed by atoms with Crippen molar-refractivity contribution in [2.45, 2.75) is 64.3 Å². The molecule has 12 heteroatoms. The topological polar surface area (TPSA) is 148 Å². The first kappa shape index (κ1) is 27.8. The van der Waals surface area contributed by atoms with Gasteiger partial charge in [0.1, 0.15) is 18.4 Å². The maximum absolute atomic E-state index is 14.9. The summed E-state index contributed by atoms with van der Waals surface area (Å²) < 4.78 is 28.3. The highest BCUT2D eigenvalue weighted by Crippen LogP contribution is 2.58. The number of aryl methyl sites for hydroxylation is 1. The molecule has 1 N–H and O–H groups in total.